The third-order valence-electron chi connectivity index (χ3n) is 3.34. The predicted molar refractivity (Wildman–Crippen MR) is 110 cm³/mol. The highest BCUT2D eigenvalue weighted by atomic mass is 127. The van der Waals surface area contributed by atoms with Gasteiger partial charge < -0.3 is 20.7 Å². The molecule has 0 spiro atoms. The highest BCUT2D eigenvalue weighted by Gasteiger charge is 2.06. The van der Waals surface area contributed by atoms with E-state index in [9.17, 15) is 4.79 Å². The van der Waals surface area contributed by atoms with E-state index in [4.69, 9.17) is 4.74 Å². The molecule has 1 unspecified atom stereocenters. The summed E-state index contributed by atoms with van der Waals surface area (Å²) in [5.74, 6) is 1.32. The summed E-state index contributed by atoms with van der Waals surface area (Å²) < 4.78 is 5.12. The van der Waals surface area contributed by atoms with Gasteiger partial charge in [-0.1, -0.05) is 13.0 Å². The molecule has 0 aliphatic rings. The second-order valence-corrected chi connectivity index (χ2v) is 5.20. The Morgan fingerprint density at radius 3 is 2.67 bits per heavy atom. The number of hydrogen-bond acceptors (Lipinski definition) is 3. The van der Waals surface area contributed by atoms with Gasteiger partial charge in [0, 0.05) is 24.7 Å². The molecule has 0 heterocycles. The Morgan fingerprint density at radius 2 is 2.04 bits per heavy atom. The number of ether oxygens (including phenoxy) is 1. The van der Waals surface area contributed by atoms with Gasteiger partial charge in [0.2, 0.25) is 0 Å². The standard InChI is InChI=1S/C17H28N4O2.HI/c1-5-13(3)21-17(18-6-2)20-11-10-19-16(22)14-8-7-9-15(12-14)23-4;/h7-9,12-13H,5-6,10-11H2,1-4H3,(H,19,22)(H2,18,20,21);1H. The van der Waals surface area contributed by atoms with E-state index >= 15 is 0 Å². The highest BCUT2D eigenvalue weighted by Crippen LogP contribution is 2.12. The number of halogens is 1. The molecule has 1 aromatic rings. The van der Waals surface area contributed by atoms with Gasteiger partial charge in [0.1, 0.15) is 5.75 Å². The molecule has 1 amide bonds. The summed E-state index contributed by atoms with van der Waals surface area (Å²) in [5, 5.41) is 9.36. The maximum absolute atomic E-state index is 12.1. The van der Waals surface area contributed by atoms with E-state index < -0.39 is 0 Å². The topological polar surface area (TPSA) is 74.8 Å². The largest absolute Gasteiger partial charge is 0.497 e. The lowest BCUT2D eigenvalue weighted by Crippen LogP contribution is -2.42. The van der Waals surface area contributed by atoms with Crippen LogP contribution in [0.5, 0.6) is 5.75 Å². The predicted octanol–water partition coefficient (Wildman–Crippen LogP) is 2.40. The number of carbonyl (C=O) groups excluding carboxylic acids is 1. The summed E-state index contributed by atoms with van der Waals surface area (Å²) in [5.41, 5.74) is 0.581. The third-order valence-corrected chi connectivity index (χ3v) is 3.34. The second-order valence-electron chi connectivity index (χ2n) is 5.20. The number of nitrogens with zero attached hydrogens (tertiary/aromatic N) is 1. The van der Waals surface area contributed by atoms with Gasteiger partial charge in [0.05, 0.1) is 13.7 Å². The van der Waals surface area contributed by atoms with E-state index in [0.717, 1.165) is 18.9 Å². The van der Waals surface area contributed by atoms with Crippen LogP contribution in [-0.4, -0.2) is 44.7 Å². The Labute approximate surface area is 161 Å². The zero-order valence-electron chi connectivity index (χ0n) is 14.9. The van der Waals surface area contributed by atoms with Crippen molar-refractivity contribution in [2.45, 2.75) is 33.2 Å². The Bertz CT molecular complexity index is 523. The van der Waals surface area contributed by atoms with Gasteiger partial charge in [0.25, 0.3) is 5.91 Å². The first kappa shape index (κ1) is 22.5. The van der Waals surface area contributed by atoms with Crippen LogP contribution < -0.4 is 20.7 Å². The smallest absolute Gasteiger partial charge is 0.251 e. The minimum Gasteiger partial charge on any atom is -0.497 e. The lowest BCUT2D eigenvalue weighted by Gasteiger charge is -2.16. The number of amides is 1. The number of hydrogen-bond donors (Lipinski definition) is 3. The van der Waals surface area contributed by atoms with Crippen molar-refractivity contribution < 1.29 is 9.53 Å². The van der Waals surface area contributed by atoms with Crippen molar-refractivity contribution in [3.63, 3.8) is 0 Å². The Balaban J connectivity index is 0.00000529. The van der Waals surface area contributed by atoms with Crippen LogP contribution in [0.4, 0.5) is 0 Å². The summed E-state index contributed by atoms with van der Waals surface area (Å²) >= 11 is 0. The van der Waals surface area contributed by atoms with E-state index in [1.807, 2.05) is 13.0 Å². The van der Waals surface area contributed by atoms with E-state index in [2.05, 4.69) is 34.8 Å². The van der Waals surface area contributed by atoms with Crippen LogP contribution in [0.1, 0.15) is 37.6 Å². The highest BCUT2D eigenvalue weighted by molar-refractivity contribution is 14.0. The first-order chi connectivity index (χ1) is 11.1. The fraction of sp³-hybridized carbons (Fsp3) is 0.529. The van der Waals surface area contributed by atoms with Crippen LogP contribution in [0, 0.1) is 0 Å². The second kappa shape index (κ2) is 12.9. The van der Waals surface area contributed by atoms with Crippen LogP contribution in [-0.2, 0) is 0 Å². The number of benzene rings is 1. The Morgan fingerprint density at radius 1 is 1.29 bits per heavy atom. The average molecular weight is 448 g/mol. The zero-order valence-corrected chi connectivity index (χ0v) is 17.2. The van der Waals surface area contributed by atoms with Crippen LogP contribution in [0.3, 0.4) is 0 Å². The lowest BCUT2D eigenvalue weighted by atomic mass is 10.2. The van der Waals surface area contributed by atoms with Crippen molar-refractivity contribution in [3.8, 4) is 5.75 Å². The number of methoxy groups -OCH3 is 1. The first-order valence-corrected chi connectivity index (χ1v) is 8.07. The molecule has 0 aliphatic carbocycles. The molecule has 0 bridgehead atoms. The normalized spacial score (nSPS) is 11.9. The number of guanidine groups is 1. The van der Waals surface area contributed by atoms with Crippen molar-refractivity contribution in [1.29, 1.82) is 0 Å². The summed E-state index contributed by atoms with van der Waals surface area (Å²) in [6, 6.07) is 7.44. The molecule has 24 heavy (non-hydrogen) atoms. The van der Waals surface area contributed by atoms with E-state index in [0.29, 0.717) is 30.4 Å². The van der Waals surface area contributed by atoms with Crippen LogP contribution in [0.2, 0.25) is 0 Å². The van der Waals surface area contributed by atoms with E-state index in [1.165, 1.54) is 0 Å². The van der Waals surface area contributed by atoms with Crippen LogP contribution >= 0.6 is 24.0 Å². The average Bonchev–Trinajstić information content (AvgIpc) is 2.58. The molecule has 6 nitrogen and oxygen atoms in total. The molecule has 0 aliphatic heterocycles. The van der Waals surface area contributed by atoms with Gasteiger partial charge >= 0.3 is 0 Å². The molecule has 7 heteroatoms. The molecule has 1 rings (SSSR count). The van der Waals surface area contributed by atoms with Gasteiger partial charge in [-0.05, 0) is 38.5 Å². The van der Waals surface area contributed by atoms with Crippen molar-refractivity contribution in [1.82, 2.24) is 16.0 Å². The minimum atomic E-state index is -0.126. The SMILES string of the molecule is CCNC(=NCCNC(=O)c1cccc(OC)c1)NC(C)CC.I. The summed E-state index contributed by atoms with van der Waals surface area (Å²) in [7, 11) is 1.58. The maximum atomic E-state index is 12.1. The minimum absolute atomic E-state index is 0. The number of carbonyl (C=O) groups is 1. The van der Waals surface area contributed by atoms with Gasteiger partial charge in [-0.15, -0.1) is 24.0 Å². The number of nitrogens with one attached hydrogen (secondary N) is 3. The van der Waals surface area contributed by atoms with E-state index in [1.54, 1.807) is 25.3 Å². The molecular weight excluding hydrogens is 419 g/mol. The summed E-state index contributed by atoms with van der Waals surface area (Å²) in [4.78, 5) is 16.5. The Hall–Kier alpha value is -1.51. The lowest BCUT2D eigenvalue weighted by molar-refractivity contribution is 0.0954. The van der Waals surface area contributed by atoms with Gasteiger partial charge in [0.15, 0.2) is 5.96 Å². The van der Waals surface area contributed by atoms with Crippen molar-refractivity contribution in [3.05, 3.63) is 29.8 Å². The van der Waals surface area contributed by atoms with Crippen LogP contribution in [0.15, 0.2) is 29.3 Å². The molecular formula is C17H29IN4O2. The number of aliphatic imine (C=N–C) groups is 1. The fourth-order valence-corrected chi connectivity index (χ4v) is 1.86. The van der Waals surface area contributed by atoms with Crippen LogP contribution in [0.25, 0.3) is 0 Å². The Kier molecular flexibility index (Phi) is 12.0. The first-order valence-electron chi connectivity index (χ1n) is 8.07. The quantitative estimate of drug-likeness (QED) is 0.247. The van der Waals surface area contributed by atoms with Crippen molar-refractivity contribution in [2.75, 3.05) is 26.7 Å². The molecule has 1 aromatic carbocycles. The van der Waals surface area contributed by atoms with Gasteiger partial charge in [-0.2, -0.15) is 0 Å². The molecule has 0 aromatic heterocycles. The molecule has 0 radical (unpaired) electrons. The fourth-order valence-electron chi connectivity index (χ4n) is 1.86. The molecule has 3 N–H and O–H groups in total. The molecule has 1 atom stereocenters. The molecule has 0 saturated heterocycles. The van der Waals surface area contributed by atoms with E-state index in [-0.39, 0.29) is 29.9 Å². The summed E-state index contributed by atoms with van der Waals surface area (Å²) in [6.45, 7) is 8.05. The third kappa shape index (κ3) is 8.37. The maximum Gasteiger partial charge on any atom is 0.251 e. The number of rotatable bonds is 8. The molecule has 0 saturated carbocycles. The van der Waals surface area contributed by atoms with Gasteiger partial charge in [-0.25, -0.2) is 0 Å². The van der Waals surface area contributed by atoms with Gasteiger partial charge in [-0.3, -0.25) is 9.79 Å². The summed E-state index contributed by atoms with van der Waals surface area (Å²) in [6.07, 6.45) is 1.02. The zero-order chi connectivity index (χ0) is 17.1. The monoisotopic (exact) mass is 448 g/mol. The molecule has 0 fully saturated rings. The molecule has 136 valence electrons. The van der Waals surface area contributed by atoms with Crippen molar-refractivity contribution >= 4 is 35.8 Å². The van der Waals surface area contributed by atoms with Crippen molar-refractivity contribution in [2.24, 2.45) is 4.99 Å².